The molecule has 0 amide bonds. The van der Waals surface area contributed by atoms with Gasteiger partial charge in [0.1, 0.15) is 11.2 Å². The molecule has 0 aliphatic heterocycles. The summed E-state index contributed by atoms with van der Waals surface area (Å²) in [4.78, 5) is 24.5. The molecular weight excluding hydrogens is 314 g/mol. The van der Waals surface area contributed by atoms with Gasteiger partial charge in [-0.1, -0.05) is 6.07 Å². The van der Waals surface area contributed by atoms with Crippen molar-refractivity contribution in [2.45, 2.75) is 52.7 Å². The quantitative estimate of drug-likeness (QED) is 0.367. The van der Waals surface area contributed by atoms with E-state index in [0.29, 0.717) is 0 Å². The van der Waals surface area contributed by atoms with Crippen LogP contribution in [-0.2, 0) is 31.7 Å². The molecule has 0 saturated carbocycles. The van der Waals surface area contributed by atoms with Crippen molar-refractivity contribution in [2.24, 2.45) is 0 Å². The molecule has 0 aliphatic carbocycles. The highest BCUT2D eigenvalue weighted by atomic mass is 32.1. The highest BCUT2D eigenvalue weighted by Gasteiger charge is 2.30. The van der Waals surface area contributed by atoms with Crippen LogP contribution in [0.3, 0.4) is 0 Å². The molecule has 0 fully saturated rings. The Kier molecular flexibility index (Phi) is 5.88. The van der Waals surface area contributed by atoms with Crippen LogP contribution in [0.2, 0.25) is 0 Å². The van der Waals surface area contributed by atoms with Gasteiger partial charge in [-0.15, -0.1) is 0 Å². The molecule has 5 nitrogen and oxygen atoms in total. The second kappa shape index (κ2) is 7.08. The number of hydrogen-bond donors (Lipinski definition) is 0. The summed E-state index contributed by atoms with van der Waals surface area (Å²) < 4.78 is 12.1. The van der Waals surface area contributed by atoms with Crippen LogP contribution in [0, 0.1) is 0 Å². The largest absolute Gasteiger partial charge is 0.766 e. The molecule has 1 rings (SSSR count). The summed E-state index contributed by atoms with van der Waals surface area (Å²) in [5.41, 5.74) is -1.45. The number of carbonyl (C=O) groups is 2. The predicted molar refractivity (Wildman–Crippen MR) is 88.9 cm³/mol. The van der Waals surface area contributed by atoms with Gasteiger partial charge < -0.3 is 22.1 Å². The first-order valence-electron chi connectivity index (χ1n) is 7.25. The van der Waals surface area contributed by atoms with Crippen LogP contribution in [0.1, 0.15) is 41.5 Å². The number of nitrogens with zero attached hydrogens (tertiary/aromatic N) is 1. The summed E-state index contributed by atoms with van der Waals surface area (Å²) in [6.07, 6.45) is 3.24. The third-order valence-corrected chi connectivity index (χ3v) is 2.73. The molecule has 0 radical (unpaired) electrons. The molecule has 0 unspecified atom stereocenters. The summed E-state index contributed by atoms with van der Waals surface area (Å²) in [5, 5.41) is 0. The zero-order chi connectivity index (χ0) is 17.8. The molecule has 0 saturated heterocycles. The van der Waals surface area contributed by atoms with Crippen molar-refractivity contribution >= 4 is 30.3 Å². The van der Waals surface area contributed by atoms with Gasteiger partial charge in [-0.3, -0.25) is 0 Å². The first-order chi connectivity index (χ1) is 10.4. The maximum atomic E-state index is 12.5. The number of rotatable bonds is 3. The van der Waals surface area contributed by atoms with E-state index in [0.717, 1.165) is 0 Å². The lowest BCUT2D eigenvalue weighted by Gasteiger charge is -2.24. The fourth-order valence-corrected chi connectivity index (χ4v) is 1.84. The van der Waals surface area contributed by atoms with E-state index in [-0.39, 0.29) is 10.6 Å². The number of hydrogen-bond acceptors (Lipinski definition) is 5. The Morgan fingerprint density at radius 1 is 0.826 bits per heavy atom. The minimum absolute atomic E-state index is 0.0372. The maximum absolute atomic E-state index is 12.5. The highest BCUT2D eigenvalue weighted by molar-refractivity contribution is 7.65. The van der Waals surface area contributed by atoms with E-state index in [1.54, 1.807) is 72.1 Å². The summed E-state index contributed by atoms with van der Waals surface area (Å²) >= 11 is 5.18. The van der Waals surface area contributed by atoms with Crippen molar-refractivity contribution in [1.82, 2.24) is 0 Å². The molecule has 0 atom stereocenters. The van der Waals surface area contributed by atoms with Gasteiger partial charge in [-0.05, 0) is 46.4 Å². The Labute approximate surface area is 142 Å². The molecule has 23 heavy (non-hydrogen) atoms. The fourth-order valence-electron chi connectivity index (χ4n) is 1.61. The van der Waals surface area contributed by atoms with Crippen LogP contribution in [-0.4, -0.2) is 23.1 Å². The fraction of sp³-hybridized carbons (Fsp3) is 0.471. The van der Waals surface area contributed by atoms with Gasteiger partial charge in [0.15, 0.2) is 12.4 Å². The van der Waals surface area contributed by atoms with Crippen molar-refractivity contribution < 1.29 is 23.6 Å². The van der Waals surface area contributed by atoms with Crippen LogP contribution in [0.5, 0.6) is 0 Å². The van der Waals surface area contributed by atoms with Crippen LogP contribution >= 0.6 is 0 Å². The molecule has 126 valence electrons. The Morgan fingerprint density at radius 2 is 1.26 bits per heavy atom. The van der Waals surface area contributed by atoms with Crippen molar-refractivity contribution in [3.05, 3.63) is 35.5 Å². The smallest absolute Gasteiger partial charge is 0.403 e. The highest BCUT2D eigenvalue weighted by Crippen LogP contribution is 2.17. The van der Waals surface area contributed by atoms with E-state index in [4.69, 9.17) is 22.1 Å². The van der Waals surface area contributed by atoms with E-state index >= 15 is 0 Å². The standard InChI is InChI=1S/C17H23NO4S/c1-16(2,3)21-14(19)12(18-10-8-7-9-11-18)13(23)15(20)22-17(4,5)6/h7-11H,1-6H3. The minimum Gasteiger partial charge on any atom is -0.766 e. The molecule has 0 bridgehead atoms. The zero-order valence-corrected chi connectivity index (χ0v) is 15.2. The van der Waals surface area contributed by atoms with Gasteiger partial charge in [-0.25, -0.2) is 9.59 Å². The van der Waals surface area contributed by atoms with Gasteiger partial charge >= 0.3 is 11.9 Å². The van der Waals surface area contributed by atoms with Crippen molar-refractivity contribution in [3.8, 4) is 0 Å². The zero-order valence-electron chi connectivity index (χ0n) is 14.4. The molecular formula is C17H23NO4S. The van der Waals surface area contributed by atoms with E-state index in [1.165, 1.54) is 4.57 Å². The second-order valence-electron chi connectivity index (χ2n) is 6.96. The SMILES string of the molecule is CC(C)(C)OC(=O)/C([S-])=C(\C(=O)OC(C)(C)C)[n+]1ccccc1. The summed E-state index contributed by atoms with van der Waals surface area (Å²) in [5.74, 6) is -1.41. The molecule has 0 aliphatic rings. The number of aromatic nitrogens is 1. The van der Waals surface area contributed by atoms with E-state index < -0.39 is 23.1 Å². The Bertz CT molecular complexity index is 610. The first kappa shape index (κ1) is 19.1. The Morgan fingerprint density at radius 3 is 1.70 bits per heavy atom. The molecule has 0 spiro atoms. The monoisotopic (exact) mass is 337 g/mol. The van der Waals surface area contributed by atoms with Crippen LogP contribution in [0.15, 0.2) is 35.5 Å². The summed E-state index contributed by atoms with van der Waals surface area (Å²) in [7, 11) is 0. The maximum Gasteiger partial charge on any atom is 0.403 e. The van der Waals surface area contributed by atoms with Crippen molar-refractivity contribution in [1.29, 1.82) is 0 Å². The number of carbonyl (C=O) groups excluding carboxylic acids is 2. The van der Waals surface area contributed by atoms with Gasteiger partial charge in [-0.2, -0.15) is 4.57 Å². The van der Waals surface area contributed by atoms with E-state index in [1.807, 2.05) is 0 Å². The van der Waals surface area contributed by atoms with Crippen LogP contribution in [0.25, 0.3) is 5.70 Å². The molecule has 1 aromatic heterocycles. The van der Waals surface area contributed by atoms with Crippen molar-refractivity contribution in [3.63, 3.8) is 0 Å². The van der Waals surface area contributed by atoms with Gasteiger partial charge in [0, 0.05) is 12.1 Å². The lowest BCUT2D eigenvalue weighted by atomic mass is 10.2. The normalized spacial score (nSPS) is 13.1. The lowest BCUT2D eigenvalue weighted by Crippen LogP contribution is -2.41. The topological polar surface area (TPSA) is 56.5 Å². The van der Waals surface area contributed by atoms with Gasteiger partial charge in [0.05, 0.1) is 0 Å². The van der Waals surface area contributed by atoms with Crippen LogP contribution < -0.4 is 4.57 Å². The first-order valence-corrected chi connectivity index (χ1v) is 7.66. The average molecular weight is 337 g/mol. The number of esters is 2. The second-order valence-corrected chi connectivity index (χ2v) is 7.37. The predicted octanol–water partition coefficient (Wildman–Crippen LogP) is 2.37. The third kappa shape index (κ3) is 6.36. The summed E-state index contributed by atoms with van der Waals surface area (Å²) in [6.45, 7) is 10.4. The Balaban J connectivity index is 3.31. The summed E-state index contributed by atoms with van der Waals surface area (Å²) in [6, 6.07) is 5.24. The van der Waals surface area contributed by atoms with E-state index in [2.05, 4.69) is 0 Å². The lowest BCUT2D eigenvalue weighted by molar-refractivity contribution is -0.578. The third-order valence-electron chi connectivity index (χ3n) is 2.37. The Hall–Kier alpha value is -1.95. The molecule has 0 aromatic carbocycles. The van der Waals surface area contributed by atoms with E-state index in [9.17, 15) is 9.59 Å². The number of ether oxygens (including phenoxy) is 2. The number of pyridine rings is 1. The minimum atomic E-state index is -0.732. The van der Waals surface area contributed by atoms with Crippen LogP contribution in [0.4, 0.5) is 0 Å². The molecule has 1 aromatic rings. The van der Waals surface area contributed by atoms with Gasteiger partial charge in [0.25, 0.3) is 5.70 Å². The molecule has 0 N–H and O–H groups in total. The molecule has 1 heterocycles. The van der Waals surface area contributed by atoms with Gasteiger partial charge in [0.2, 0.25) is 0 Å². The van der Waals surface area contributed by atoms with Crippen molar-refractivity contribution in [2.75, 3.05) is 0 Å². The molecule has 6 heteroatoms. The average Bonchev–Trinajstić information content (AvgIpc) is 2.35.